The Morgan fingerprint density at radius 2 is 0.833 bits per heavy atom. The van der Waals surface area contributed by atoms with Gasteiger partial charge in [0.2, 0.25) is 0 Å². The highest BCUT2D eigenvalue weighted by molar-refractivity contribution is 4.81. The molecule has 5 atom stereocenters. The highest BCUT2D eigenvalue weighted by Gasteiger charge is 2.30. The fourth-order valence-corrected chi connectivity index (χ4v) is 0.773. The quantitative estimate of drug-likeness (QED) is 0.339. The Hall–Kier alpha value is -0.200. The van der Waals surface area contributed by atoms with Gasteiger partial charge >= 0.3 is 0 Å². The molecule has 12 heavy (non-hydrogen) atoms. The highest BCUT2D eigenvalue weighted by Crippen LogP contribution is 2.07. The third kappa shape index (κ3) is 3.04. The molecule has 0 aromatic heterocycles. The Kier molecular flexibility index (Phi) is 4.66. The minimum atomic E-state index is -1.54. The largest absolute Gasteiger partial charge is 0.391 e. The fourth-order valence-electron chi connectivity index (χ4n) is 0.773. The van der Waals surface area contributed by atoms with Crippen LogP contribution >= 0.6 is 0 Å². The van der Waals surface area contributed by atoms with Crippen molar-refractivity contribution in [3.8, 4) is 0 Å². The Labute approximate surface area is 70.9 Å². The first-order valence-electron chi connectivity index (χ1n) is 3.78. The SMILES string of the molecule is CC(O)C(O)C(O)[C@H](O)[C@@H](C)O. The molecular weight excluding hydrogens is 164 g/mol. The summed E-state index contributed by atoms with van der Waals surface area (Å²) in [6, 6.07) is 0. The molecule has 0 aliphatic carbocycles. The summed E-state index contributed by atoms with van der Waals surface area (Å²) in [6.45, 7) is 2.56. The number of aliphatic hydroxyl groups is 5. The van der Waals surface area contributed by atoms with Gasteiger partial charge in [0.15, 0.2) is 0 Å². The molecule has 5 N–H and O–H groups in total. The van der Waals surface area contributed by atoms with Crippen LogP contribution in [0.25, 0.3) is 0 Å². The van der Waals surface area contributed by atoms with Gasteiger partial charge in [-0.1, -0.05) is 0 Å². The topological polar surface area (TPSA) is 101 Å². The second kappa shape index (κ2) is 4.74. The molecule has 5 nitrogen and oxygen atoms in total. The van der Waals surface area contributed by atoms with E-state index in [0.717, 1.165) is 0 Å². The minimum absolute atomic E-state index is 1.15. The Balaban J connectivity index is 4.08. The van der Waals surface area contributed by atoms with Crippen molar-refractivity contribution in [3.05, 3.63) is 0 Å². The zero-order chi connectivity index (χ0) is 9.89. The van der Waals surface area contributed by atoms with E-state index in [4.69, 9.17) is 25.5 Å². The molecule has 0 rings (SSSR count). The highest BCUT2D eigenvalue weighted by atomic mass is 16.4. The summed E-state index contributed by atoms with van der Waals surface area (Å²) in [7, 11) is 0. The first-order valence-corrected chi connectivity index (χ1v) is 3.78. The standard InChI is InChI=1S/C7H16O5/c1-3(8)5(10)7(12)6(11)4(2)9/h3-12H,1-2H3/t3-,4?,5-,6?,7?/m1/s1. The lowest BCUT2D eigenvalue weighted by molar-refractivity contribution is -0.127. The summed E-state index contributed by atoms with van der Waals surface area (Å²) in [6.07, 6.45) is -6.73. The molecule has 0 aliphatic rings. The van der Waals surface area contributed by atoms with E-state index >= 15 is 0 Å². The third-order valence-corrected chi connectivity index (χ3v) is 1.69. The van der Waals surface area contributed by atoms with E-state index in [-0.39, 0.29) is 0 Å². The van der Waals surface area contributed by atoms with Crippen LogP contribution in [0.15, 0.2) is 0 Å². The van der Waals surface area contributed by atoms with Crippen LogP contribution < -0.4 is 0 Å². The smallest absolute Gasteiger partial charge is 0.111 e. The van der Waals surface area contributed by atoms with Crippen LogP contribution in [-0.4, -0.2) is 56.1 Å². The second-order valence-electron chi connectivity index (χ2n) is 2.95. The molecule has 0 aromatic rings. The molecule has 0 aliphatic heterocycles. The van der Waals surface area contributed by atoms with Crippen molar-refractivity contribution in [2.24, 2.45) is 0 Å². The van der Waals surface area contributed by atoms with Crippen molar-refractivity contribution < 1.29 is 25.5 Å². The molecule has 0 radical (unpaired) electrons. The zero-order valence-corrected chi connectivity index (χ0v) is 7.12. The summed E-state index contributed by atoms with van der Waals surface area (Å²) in [4.78, 5) is 0. The van der Waals surface area contributed by atoms with Crippen molar-refractivity contribution in [1.29, 1.82) is 0 Å². The van der Waals surface area contributed by atoms with Gasteiger partial charge in [-0.15, -0.1) is 0 Å². The number of rotatable bonds is 4. The number of hydrogen-bond acceptors (Lipinski definition) is 5. The molecule has 0 bridgehead atoms. The van der Waals surface area contributed by atoms with Crippen LogP contribution in [0.1, 0.15) is 13.8 Å². The van der Waals surface area contributed by atoms with Gasteiger partial charge < -0.3 is 25.5 Å². The second-order valence-corrected chi connectivity index (χ2v) is 2.95. The van der Waals surface area contributed by atoms with Crippen LogP contribution in [0.3, 0.4) is 0 Å². The van der Waals surface area contributed by atoms with E-state index < -0.39 is 30.5 Å². The molecule has 74 valence electrons. The van der Waals surface area contributed by atoms with Crippen molar-refractivity contribution in [2.75, 3.05) is 0 Å². The average Bonchev–Trinajstić information content (AvgIpc) is 2.00. The van der Waals surface area contributed by atoms with Gasteiger partial charge in [0, 0.05) is 0 Å². The monoisotopic (exact) mass is 180 g/mol. The lowest BCUT2D eigenvalue weighted by Gasteiger charge is -2.26. The summed E-state index contributed by atoms with van der Waals surface area (Å²) in [5.74, 6) is 0. The van der Waals surface area contributed by atoms with Crippen molar-refractivity contribution >= 4 is 0 Å². The average molecular weight is 180 g/mol. The molecule has 0 aromatic carbocycles. The minimum Gasteiger partial charge on any atom is -0.391 e. The molecule has 0 spiro atoms. The Morgan fingerprint density at radius 3 is 1.00 bits per heavy atom. The molecule has 0 amide bonds. The molecule has 0 saturated heterocycles. The van der Waals surface area contributed by atoms with E-state index in [9.17, 15) is 0 Å². The van der Waals surface area contributed by atoms with Crippen molar-refractivity contribution in [1.82, 2.24) is 0 Å². The Morgan fingerprint density at radius 1 is 0.583 bits per heavy atom. The van der Waals surface area contributed by atoms with Gasteiger partial charge in [-0.25, -0.2) is 0 Å². The van der Waals surface area contributed by atoms with Crippen LogP contribution in [0.2, 0.25) is 0 Å². The third-order valence-electron chi connectivity index (χ3n) is 1.69. The molecule has 0 saturated carbocycles. The summed E-state index contributed by atoms with van der Waals surface area (Å²) in [5.41, 5.74) is 0. The van der Waals surface area contributed by atoms with Gasteiger partial charge in [0.1, 0.15) is 18.3 Å². The van der Waals surface area contributed by atoms with Crippen LogP contribution in [-0.2, 0) is 0 Å². The normalized spacial score (nSPS) is 24.2. The molecule has 5 heteroatoms. The van der Waals surface area contributed by atoms with Crippen LogP contribution in [0, 0.1) is 0 Å². The summed E-state index contributed by atoms with van der Waals surface area (Å²) >= 11 is 0. The van der Waals surface area contributed by atoms with E-state index in [2.05, 4.69) is 0 Å². The van der Waals surface area contributed by atoms with Crippen molar-refractivity contribution in [3.63, 3.8) is 0 Å². The van der Waals surface area contributed by atoms with Gasteiger partial charge in [-0.05, 0) is 13.8 Å². The van der Waals surface area contributed by atoms with Gasteiger partial charge in [0.25, 0.3) is 0 Å². The van der Waals surface area contributed by atoms with Crippen LogP contribution in [0.5, 0.6) is 0 Å². The van der Waals surface area contributed by atoms with Gasteiger partial charge in [-0.2, -0.15) is 0 Å². The van der Waals surface area contributed by atoms with E-state index in [1.54, 1.807) is 0 Å². The maximum atomic E-state index is 9.11. The lowest BCUT2D eigenvalue weighted by Crippen LogP contribution is -2.47. The number of hydrogen-bond donors (Lipinski definition) is 5. The van der Waals surface area contributed by atoms with E-state index in [0.29, 0.717) is 0 Å². The summed E-state index contributed by atoms with van der Waals surface area (Å²) in [5, 5.41) is 44.8. The molecule has 0 heterocycles. The first kappa shape index (κ1) is 11.8. The molecular formula is C7H16O5. The zero-order valence-electron chi connectivity index (χ0n) is 7.12. The predicted molar refractivity (Wildman–Crippen MR) is 41.4 cm³/mol. The predicted octanol–water partition coefficient (Wildman–Crippen LogP) is -2.17. The number of aliphatic hydroxyl groups excluding tert-OH is 5. The molecule has 0 fully saturated rings. The van der Waals surface area contributed by atoms with Gasteiger partial charge in [-0.3, -0.25) is 0 Å². The maximum absolute atomic E-state index is 9.11. The van der Waals surface area contributed by atoms with Gasteiger partial charge in [0.05, 0.1) is 12.2 Å². The fraction of sp³-hybridized carbons (Fsp3) is 1.00. The molecule has 3 unspecified atom stereocenters. The van der Waals surface area contributed by atoms with E-state index in [1.165, 1.54) is 13.8 Å². The summed E-state index contributed by atoms with van der Waals surface area (Å²) < 4.78 is 0. The Bertz CT molecular complexity index is 111. The van der Waals surface area contributed by atoms with Crippen LogP contribution in [0.4, 0.5) is 0 Å². The van der Waals surface area contributed by atoms with Crippen molar-refractivity contribution in [2.45, 2.75) is 44.4 Å². The lowest BCUT2D eigenvalue weighted by atomic mass is 10.0. The maximum Gasteiger partial charge on any atom is 0.111 e. The van der Waals surface area contributed by atoms with E-state index in [1.807, 2.05) is 0 Å². The first-order chi connectivity index (χ1) is 5.37.